The third kappa shape index (κ3) is 3.84. The van der Waals surface area contributed by atoms with Crippen molar-refractivity contribution in [2.24, 2.45) is 0 Å². The highest BCUT2D eigenvalue weighted by Crippen LogP contribution is 2.13. The summed E-state index contributed by atoms with van der Waals surface area (Å²) >= 11 is 0. The molecule has 7 nitrogen and oxygen atoms in total. The number of aromatic amines is 1. The first-order chi connectivity index (χ1) is 11.7. The molecule has 3 rings (SSSR count). The monoisotopic (exact) mass is 330 g/mol. The number of amides is 1. The van der Waals surface area contributed by atoms with Crippen molar-refractivity contribution in [3.8, 4) is 0 Å². The van der Waals surface area contributed by atoms with Gasteiger partial charge in [-0.1, -0.05) is 6.92 Å². The minimum absolute atomic E-state index is 0.0823. The number of aromatic nitrogens is 4. The van der Waals surface area contributed by atoms with E-state index >= 15 is 0 Å². The molecule has 0 bridgehead atoms. The second kappa shape index (κ2) is 7.61. The molecule has 1 saturated heterocycles. The Balaban J connectivity index is 1.56. The van der Waals surface area contributed by atoms with Crippen LogP contribution in [0.2, 0.25) is 0 Å². The van der Waals surface area contributed by atoms with E-state index < -0.39 is 0 Å². The summed E-state index contributed by atoms with van der Waals surface area (Å²) in [7, 11) is 0. The number of rotatable bonds is 5. The minimum atomic E-state index is 0.0823. The fraction of sp³-hybridized carbons (Fsp3) is 0.588. The van der Waals surface area contributed by atoms with Gasteiger partial charge in [0.25, 0.3) is 5.91 Å². The lowest BCUT2D eigenvalue weighted by molar-refractivity contribution is 0.0760. The summed E-state index contributed by atoms with van der Waals surface area (Å²) in [4.78, 5) is 17.0. The lowest BCUT2D eigenvalue weighted by Gasteiger charge is -2.21. The molecule has 7 heteroatoms. The Labute approximate surface area is 142 Å². The van der Waals surface area contributed by atoms with Crippen LogP contribution < -0.4 is 0 Å². The smallest absolute Gasteiger partial charge is 0.257 e. The van der Waals surface area contributed by atoms with Gasteiger partial charge in [-0.2, -0.15) is 10.2 Å². The largest absolute Gasteiger partial charge is 0.337 e. The summed E-state index contributed by atoms with van der Waals surface area (Å²) < 4.78 is 2.00. The lowest BCUT2D eigenvalue weighted by Crippen LogP contribution is -2.35. The van der Waals surface area contributed by atoms with Crippen molar-refractivity contribution in [3.63, 3.8) is 0 Å². The van der Waals surface area contributed by atoms with Crippen molar-refractivity contribution in [1.29, 1.82) is 0 Å². The van der Waals surface area contributed by atoms with Crippen LogP contribution in [0.5, 0.6) is 0 Å². The summed E-state index contributed by atoms with van der Waals surface area (Å²) in [5.41, 5.74) is 2.77. The van der Waals surface area contributed by atoms with E-state index in [-0.39, 0.29) is 5.91 Å². The van der Waals surface area contributed by atoms with Gasteiger partial charge in [0.2, 0.25) is 0 Å². The molecule has 24 heavy (non-hydrogen) atoms. The van der Waals surface area contributed by atoms with Crippen LogP contribution >= 0.6 is 0 Å². The molecule has 0 spiro atoms. The van der Waals surface area contributed by atoms with Gasteiger partial charge in [-0.25, -0.2) is 0 Å². The van der Waals surface area contributed by atoms with Crippen LogP contribution in [0.4, 0.5) is 0 Å². The molecule has 0 aliphatic carbocycles. The van der Waals surface area contributed by atoms with Crippen LogP contribution in [0, 0.1) is 6.92 Å². The van der Waals surface area contributed by atoms with Crippen molar-refractivity contribution in [2.75, 3.05) is 26.2 Å². The van der Waals surface area contributed by atoms with Gasteiger partial charge in [0, 0.05) is 56.7 Å². The number of H-pyrrole nitrogens is 1. The van der Waals surface area contributed by atoms with E-state index in [0.717, 1.165) is 57.8 Å². The van der Waals surface area contributed by atoms with Crippen LogP contribution in [0.25, 0.3) is 0 Å². The fourth-order valence-electron chi connectivity index (χ4n) is 3.17. The molecular weight excluding hydrogens is 304 g/mol. The highest BCUT2D eigenvalue weighted by Gasteiger charge is 2.22. The zero-order chi connectivity index (χ0) is 16.9. The number of carbonyl (C=O) groups excluding carboxylic acids is 1. The highest BCUT2D eigenvalue weighted by molar-refractivity contribution is 5.95. The van der Waals surface area contributed by atoms with E-state index in [1.54, 1.807) is 6.20 Å². The summed E-state index contributed by atoms with van der Waals surface area (Å²) in [5, 5.41) is 11.2. The number of nitrogens with zero attached hydrogens (tertiary/aromatic N) is 5. The fourth-order valence-corrected chi connectivity index (χ4v) is 3.17. The third-order valence-corrected chi connectivity index (χ3v) is 4.48. The van der Waals surface area contributed by atoms with Crippen molar-refractivity contribution in [3.05, 3.63) is 35.4 Å². The number of aryl methyl sites for hydroxylation is 2. The second-order valence-electron chi connectivity index (χ2n) is 6.44. The molecule has 130 valence electrons. The maximum Gasteiger partial charge on any atom is 0.257 e. The average Bonchev–Trinajstić information content (AvgIpc) is 3.11. The molecule has 1 amide bonds. The van der Waals surface area contributed by atoms with E-state index in [0.29, 0.717) is 5.56 Å². The molecule has 0 saturated carbocycles. The maximum atomic E-state index is 12.6. The Hall–Kier alpha value is -2.15. The van der Waals surface area contributed by atoms with Gasteiger partial charge in [-0.05, 0) is 19.8 Å². The number of nitrogens with one attached hydrogen (secondary N) is 1. The average molecular weight is 330 g/mol. The van der Waals surface area contributed by atoms with Crippen molar-refractivity contribution < 1.29 is 4.79 Å². The van der Waals surface area contributed by atoms with Crippen molar-refractivity contribution in [2.45, 2.75) is 39.8 Å². The Bertz CT molecular complexity index is 676. The van der Waals surface area contributed by atoms with Crippen molar-refractivity contribution in [1.82, 2.24) is 29.8 Å². The SMILES string of the molecule is CCCn1cc(CN2CCCN(C(=O)c3cn[nH]c3C)CC2)cn1. The Morgan fingerprint density at radius 3 is 2.88 bits per heavy atom. The van der Waals surface area contributed by atoms with Crippen LogP contribution in [-0.4, -0.2) is 61.9 Å². The van der Waals surface area contributed by atoms with Gasteiger partial charge in [-0.15, -0.1) is 0 Å². The molecule has 2 aromatic heterocycles. The van der Waals surface area contributed by atoms with E-state index in [1.165, 1.54) is 5.56 Å². The number of hydrogen-bond acceptors (Lipinski definition) is 4. The zero-order valence-electron chi connectivity index (χ0n) is 14.5. The number of carbonyl (C=O) groups is 1. The molecule has 0 unspecified atom stereocenters. The van der Waals surface area contributed by atoms with Gasteiger partial charge in [0.05, 0.1) is 18.0 Å². The highest BCUT2D eigenvalue weighted by atomic mass is 16.2. The van der Waals surface area contributed by atoms with Gasteiger partial charge >= 0.3 is 0 Å². The summed E-state index contributed by atoms with van der Waals surface area (Å²) in [6.45, 7) is 9.36. The van der Waals surface area contributed by atoms with E-state index in [1.807, 2.05) is 22.7 Å². The van der Waals surface area contributed by atoms with Crippen LogP contribution in [0.3, 0.4) is 0 Å². The topological polar surface area (TPSA) is 70.1 Å². The molecule has 0 radical (unpaired) electrons. The van der Waals surface area contributed by atoms with E-state index in [2.05, 4.69) is 33.3 Å². The Morgan fingerprint density at radius 1 is 1.25 bits per heavy atom. The third-order valence-electron chi connectivity index (χ3n) is 4.48. The van der Waals surface area contributed by atoms with E-state index in [9.17, 15) is 4.79 Å². The normalized spacial score (nSPS) is 16.3. The molecule has 3 heterocycles. The first kappa shape index (κ1) is 16.7. The van der Waals surface area contributed by atoms with Gasteiger partial charge in [-0.3, -0.25) is 19.5 Å². The molecule has 1 aliphatic heterocycles. The maximum absolute atomic E-state index is 12.6. The standard InChI is InChI=1S/C17H26N6O/c1-3-5-23-13-15(10-19-23)12-21-6-4-7-22(9-8-21)17(24)16-11-18-20-14(16)2/h10-11,13H,3-9,12H2,1-2H3,(H,18,20). The predicted molar refractivity (Wildman–Crippen MR) is 91.6 cm³/mol. The van der Waals surface area contributed by atoms with Crippen LogP contribution in [0.1, 0.15) is 41.4 Å². The van der Waals surface area contributed by atoms with E-state index in [4.69, 9.17) is 0 Å². The predicted octanol–water partition coefficient (Wildman–Crippen LogP) is 1.67. The summed E-state index contributed by atoms with van der Waals surface area (Å²) in [5.74, 6) is 0.0823. The first-order valence-corrected chi connectivity index (χ1v) is 8.70. The zero-order valence-corrected chi connectivity index (χ0v) is 14.5. The number of hydrogen-bond donors (Lipinski definition) is 1. The first-order valence-electron chi connectivity index (χ1n) is 8.70. The Morgan fingerprint density at radius 2 is 2.12 bits per heavy atom. The minimum Gasteiger partial charge on any atom is -0.337 e. The van der Waals surface area contributed by atoms with Crippen LogP contribution in [-0.2, 0) is 13.1 Å². The molecule has 2 aromatic rings. The quantitative estimate of drug-likeness (QED) is 0.905. The molecule has 1 fully saturated rings. The molecule has 0 aromatic carbocycles. The Kier molecular flexibility index (Phi) is 5.30. The molecule has 1 N–H and O–H groups in total. The van der Waals surface area contributed by atoms with Gasteiger partial charge < -0.3 is 4.90 Å². The second-order valence-corrected chi connectivity index (χ2v) is 6.44. The van der Waals surface area contributed by atoms with Gasteiger partial charge in [0.15, 0.2) is 0 Å². The molecule has 1 aliphatic rings. The summed E-state index contributed by atoms with van der Waals surface area (Å²) in [6, 6.07) is 0. The van der Waals surface area contributed by atoms with Crippen LogP contribution in [0.15, 0.2) is 18.6 Å². The van der Waals surface area contributed by atoms with Gasteiger partial charge in [0.1, 0.15) is 0 Å². The lowest BCUT2D eigenvalue weighted by atomic mass is 10.2. The van der Waals surface area contributed by atoms with Crippen molar-refractivity contribution >= 4 is 5.91 Å². The molecule has 0 atom stereocenters. The molecular formula is C17H26N6O. The summed E-state index contributed by atoms with van der Waals surface area (Å²) in [6.07, 6.45) is 7.80.